The molecule has 2 radical (unpaired) electrons. The number of ether oxygens (including phenoxy) is 1. The molecule has 0 atom stereocenters. The van der Waals surface area contributed by atoms with Gasteiger partial charge in [0.2, 0.25) is 0 Å². The maximum atomic E-state index is 5.95. The van der Waals surface area contributed by atoms with E-state index in [1.165, 1.54) is 17.0 Å². The molecule has 2 aromatic rings. The van der Waals surface area contributed by atoms with Crippen LogP contribution < -0.4 is 0 Å². The molecule has 0 saturated carbocycles. The van der Waals surface area contributed by atoms with E-state index in [1.807, 2.05) is 17.1 Å². The van der Waals surface area contributed by atoms with E-state index >= 15 is 0 Å². The van der Waals surface area contributed by atoms with E-state index in [9.17, 15) is 0 Å². The van der Waals surface area contributed by atoms with Crippen molar-refractivity contribution >= 4 is 27.1 Å². The third-order valence-corrected chi connectivity index (χ3v) is 6.56. The highest BCUT2D eigenvalue weighted by molar-refractivity contribution is 6.76. The molecule has 2 aromatic heterocycles. The zero-order valence-electron chi connectivity index (χ0n) is 15.2. The molecule has 128 valence electrons. The van der Waals surface area contributed by atoms with Gasteiger partial charge in [0.25, 0.3) is 0 Å². The minimum atomic E-state index is -1.04. The van der Waals surface area contributed by atoms with Crippen molar-refractivity contribution in [3.8, 4) is 0 Å². The molecule has 6 heteroatoms. The molecule has 3 heterocycles. The van der Waals surface area contributed by atoms with E-state index in [-0.39, 0.29) is 0 Å². The minimum absolute atomic E-state index is 0.569. The van der Waals surface area contributed by atoms with Crippen molar-refractivity contribution < 1.29 is 4.74 Å². The van der Waals surface area contributed by atoms with Gasteiger partial charge in [-0.15, -0.1) is 0 Å². The topological polar surface area (TPSA) is 30.3 Å². The van der Waals surface area contributed by atoms with Crippen molar-refractivity contribution in [3.05, 3.63) is 30.1 Å². The Morgan fingerprint density at radius 3 is 2.75 bits per heavy atom. The van der Waals surface area contributed by atoms with Gasteiger partial charge >= 0.3 is 0 Å². The van der Waals surface area contributed by atoms with Gasteiger partial charge in [-0.25, -0.2) is 4.98 Å². The van der Waals surface area contributed by atoms with Crippen LogP contribution >= 0.6 is 0 Å². The monoisotopic (exact) mass is 341 g/mol. The molecule has 1 saturated heterocycles. The second kappa shape index (κ2) is 7.42. The van der Waals surface area contributed by atoms with Crippen molar-refractivity contribution in [1.82, 2.24) is 14.4 Å². The van der Waals surface area contributed by atoms with Crippen LogP contribution in [0.1, 0.15) is 24.3 Å². The molecular formula is C18H28BN3OSi. The zero-order valence-corrected chi connectivity index (χ0v) is 16.2. The van der Waals surface area contributed by atoms with Gasteiger partial charge in [0.15, 0.2) is 7.98 Å². The van der Waals surface area contributed by atoms with Gasteiger partial charge < -0.3 is 14.1 Å². The van der Waals surface area contributed by atoms with Gasteiger partial charge in [-0.05, 0) is 55.6 Å². The second-order valence-electron chi connectivity index (χ2n) is 8.09. The highest BCUT2D eigenvalue weighted by Crippen LogP contribution is 2.33. The SMILES string of the molecule is [B]N1CCC(c2cn(COCC[Si](C)(C)C)c3ncccc23)CC1. The van der Waals surface area contributed by atoms with E-state index in [0.29, 0.717) is 12.6 Å². The Morgan fingerprint density at radius 2 is 2.04 bits per heavy atom. The third kappa shape index (κ3) is 4.29. The molecule has 1 aliphatic heterocycles. The maximum Gasteiger partial charge on any atom is 0.182 e. The van der Waals surface area contributed by atoms with Crippen molar-refractivity contribution in [2.24, 2.45) is 0 Å². The fraction of sp³-hybridized carbons (Fsp3) is 0.611. The number of piperidine rings is 1. The summed E-state index contributed by atoms with van der Waals surface area (Å²) in [6.07, 6.45) is 6.35. The predicted molar refractivity (Wildman–Crippen MR) is 103 cm³/mol. The van der Waals surface area contributed by atoms with E-state index in [0.717, 1.165) is 38.2 Å². The number of aromatic nitrogens is 2. The van der Waals surface area contributed by atoms with Crippen LogP contribution in [0.5, 0.6) is 0 Å². The van der Waals surface area contributed by atoms with Crippen LogP contribution in [-0.2, 0) is 11.5 Å². The first-order valence-electron chi connectivity index (χ1n) is 8.95. The summed E-state index contributed by atoms with van der Waals surface area (Å²) in [7, 11) is 4.86. The molecule has 0 spiro atoms. The van der Waals surface area contributed by atoms with Crippen LogP contribution in [0.25, 0.3) is 11.0 Å². The number of hydrogen-bond acceptors (Lipinski definition) is 3. The van der Waals surface area contributed by atoms with Crippen molar-refractivity contribution in [3.63, 3.8) is 0 Å². The molecule has 1 aliphatic rings. The average molecular weight is 341 g/mol. The molecule has 0 bridgehead atoms. The summed E-state index contributed by atoms with van der Waals surface area (Å²) in [5.41, 5.74) is 2.44. The summed E-state index contributed by atoms with van der Waals surface area (Å²) in [4.78, 5) is 6.52. The Morgan fingerprint density at radius 1 is 1.29 bits per heavy atom. The van der Waals surface area contributed by atoms with Crippen LogP contribution in [0.3, 0.4) is 0 Å². The number of nitrogens with zero attached hydrogens (tertiary/aromatic N) is 3. The van der Waals surface area contributed by atoms with Crippen LogP contribution in [0.4, 0.5) is 0 Å². The van der Waals surface area contributed by atoms with Crippen LogP contribution in [-0.4, -0.2) is 50.1 Å². The molecule has 3 rings (SSSR count). The first-order chi connectivity index (χ1) is 11.4. The average Bonchev–Trinajstić information content (AvgIpc) is 2.91. The maximum absolute atomic E-state index is 5.95. The molecule has 0 unspecified atom stereocenters. The number of hydrogen-bond donors (Lipinski definition) is 0. The second-order valence-corrected chi connectivity index (χ2v) is 13.7. The lowest BCUT2D eigenvalue weighted by Crippen LogP contribution is -2.30. The Kier molecular flexibility index (Phi) is 5.47. The Balaban J connectivity index is 1.74. The fourth-order valence-corrected chi connectivity index (χ4v) is 4.08. The predicted octanol–water partition coefficient (Wildman–Crippen LogP) is 3.61. The van der Waals surface area contributed by atoms with Gasteiger partial charge in [-0.3, -0.25) is 0 Å². The van der Waals surface area contributed by atoms with Crippen molar-refractivity contribution in [1.29, 1.82) is 0 Å². The number of rotatable bonds is 6. The molecule has 1 fully saturated rings. The minimum Gasteiger partial charge on any atom is -0.361 e. The molecule has 0 N–H and O–H groups in total. The number of fused-ring (bicyclic) bond motifs is 1. The lowest BCUT2D eigenvalue weighted by molar-refractivity contribution is 0.0897. The van der Waals surface area contributed by atoms with E-state index in [2.05, 4.69) is 41.5 Å². The highest BCUT2D eigenvalue weighted by atomic mass is 28.3. The molecule has 0 aromatic carbocycles. The summed E-state index contributed by atoms with van der Waals surface area (Å²) >= 11 is 0. The van der Waals surface area contributed by atoms with Crippen LogP contribution in [0.15, 0.2) is 24.5 Å². The largest absolute Gasteiger partial charge is 0.361 e. The summed E-state index contributed by atoms with van der Waals surface area (Å²) in [5.74, 6) is 0.569. The van der Waals surface area contributed by atoms with Crippen molar-refractivity contribution in [2.75, 3.05) is 19.7 Å². The molecule has 4 nitrogen and oxygen atoms in total. The first-order valence-corrected chi connectivity index (χ1v) is 12.7. The number of pyridine rings is 1. The normalized spacial score (nSPS) is 17.6. The van der Waals surface area contributed by atoms with E-state index < -0.39 is 8.07 Å². The quantitative estimate of drug-likeness (QED) is 0.594. The van der Waals surface area contributed by atoms with Gasteiger partial charge in [0.05, 0.1) is 0 Å². The summed E-state index contributed by atoms with van der Waals surface area (Å²) < 4.78 is 8.12. The van der Waals surface area contributed by atoms with E-state index in [4.69, 9.17) is 12.7 Å². The summed E-state index contributed by atoms with van der Waals surface area (Å²) in [6, 6.07) is 5.41. The van der Waals surface area contributed by atoms with Gasteiger partial charge in [0.1, 0.15) is 12.4 Å². The Hall–Kier alpha value is -1.11. The van der Waals surface area contributed by atoms with Gasteiger partial charge in [-0.1, -0.05) is 19.6 Å². The summed E-state index contributed by atoms with van der Waals surface area (Å²) in [5, 5.41) is 1.27. The molecule has 0 amide bonds. The lowest BCUT2D eigenvalue weighted by Gasteiger charge is -2.29. The van der Waals surface area contributed by atoms with E-state index in [1.54, 1.807) is 0 Å². The standard InChI is InChI=1S/C18H28BN3OSi/c1-24(2,3)12-11-23-14-21-13-17(15-6-9-22(19)10-7-15)16-5-4-8-20-18(16)21/h4-5,8,13,15H,6-7,9-12,14H2,1-3H3. The Labute approximate surface area is 147 Å². The highest BCUT2D eigenvalue weighted by Gasteiger charge is 2.22. The van der Waals surface area contributed by atoms with Crippen LogP contribution in [0, 0.1) is 0 Å². The zero-order chi connectivity index (χ0) is 17.2. The first kappa shape index (κ1) is 17.7. The molecule has 0 aliphatic carbocycles. The lowest BCUT2D eigenvalue weighted by atomic mass is 9.88. The third-order valence-electron chi connectivity index (χ3n) is 4.86. The van der Waals surface area contributed by atoms with Crippen LogP contribution in [0.2, 0.25) is 25.7 Å². The fourth-order valence-electron chi connectivity index (χ4n) is 3.33. The van der Waals surface area contributed by atoms with Gasteiger partial charge in [-0.2, -0.15) is 0 Å². The van der Waals surface area contributed by atoms with Gasteiger partial charge in [0, 0.05) is 32.5 Å². The Bertz CT molecular complexity index is 674. The smallest absolute Gasteiger partial charge is 0.182 e. The van der Waals surface area contributed by atoms with Crippen molar-refractivity contribution in [2.45, 2.75) is 51.2 Å². The molecular weight excluding hydrogens is 313 g/mol. The summed E-state index contributed by atoms with van der Waals surface area (Å²) in [6.45, 7) is 10.5. The molecule has 24 heavy (non-hydrogen) atoms.